The van der Waals surface area contributed by atoms with Crippen LogP contribution in [0.15, 0.2) is 29.2 Å². The molecule has 22 heavy (non-hydrogen) atoms. The van der Waals surface area contributed by atoms with Gasteiger partial charge in [0.05, 0.1) is 0 Å². The van der Waals surface area contributed by atoms with E-state index in [0.29, 0.717) is 24.6 Å². The van der Waals surface area contributed by atoms with Gasteiger partial charge in [-0.3, -0.25) is 9.59 Å². The molecule has 1 unspecified atom stereocenters. The number of hydrogen-bond acceptors (Lipinski definition) is 5. The fraction of sp³-hybridized carbons (Fsp3) is 0.467. The lowest BCUT2D eigenvalue weighted by Gasteiger charge is -2.30. The van der Waals surface area contributed by atoms with E-state index < -0.39 is 12.1 Å². The molecule has 0 saturated carbocycles. The minimum Gasteiger partial charge on any atom is -0.480 e. The highest BCUT2D eigenvalue weighted by Crippen LogP contribution is 2.35. The lowest BCUT2D eigenvalue weighted by atomic mass is 10.3. The Bertz CT molecular complexity index is 550. The summed E-state index contributed by atoms with van der Waals surface area (Å²) >= 11 is 1.56. The highest BCUT2D eigenvalue weighted by molar-refractivity contribution is 7.99. The summed E-state index contributed by atoms with van der Waals surface area (Å²) in [4.78, 5) is 27.8. The number of hydrogen-bond donors (Lipinski definition) is 1. The average Bonchev–Trinajstić information content (AvgIpc) is 2.49. The fourth-order valence-electron chi connectivity index (χ4n) is 2.10. The van der Waals surface area contributed by atoms with Crippen LogP contribution in [0.25, 0.3) is 0 Å². The highest BCUT2D eigenvalue weighted by Gasteiger charge is 2.31. The fourth-order valence-corrected chi connectivity index (χ4v) is 3.07. The quantitative estimate of drug-likeness (QED) is 0.842. The maximum absolute atomic E-state index is 12.6. The smallest absolute Gasteiger partial charge is 0.323 e. The van der Waals surface area contributed by atoms with Crippen LogP contribution in [-0.2, 0) is 9.59 Å². The molecule has 2 rings (SSSR count). The largest absolute Gasteiger partial charge is 0.480 e. The van der Waals surface area contributed by atoms with Crippen molar-refractivity contribution >= 4 is 23.6 Å². The number of carboxylic acid groups (broad SMARTS) is 1. The van der Waals surface area contributed by atoms with Gasteiger partial charge in [0, 0.05) is 23.7 Å². The van der Waals surface area contributed by atoms with Crippen LogP contribution < -0.4 is 4.74 Å². The van der Waals surface area contributed by atoms with E-state index in [1.54, 1.807) is 11.8 Å². The van der Waals surface area contributed by atoms with Crippen LogP contribution in [0.5, 0.6) is 5.75 Å². The maximum atomic E-state index is 12.6. The van der Waals surface area contributed by atoms with Gasteiger partial charge < -0.3 is 19.6 Å². The number of carbonyl (C=O) groups excluding carboxylic acids is 1. The number of carbonyl (C=O) groups is 2. The summed E-state index contributed by atoms with van der Waals surface area (Å²) in [7, 11) is 3.76. The zero-order valence-electron chi connectivity index (χ0n) is 12.7. The third-order valence-corrected chi connectivity index (χ3v) is 4.36. The molecule has 0 radical (unpaired) electrons. The van der Waals surface area contributed by atoms with Crippen molar-refractivity contribution in [2.24, 2.45) is 0 Å². The molecule has 1 amide bonds. The number of thioether (sulfide) groups is 1. The summed E-state index contributed by atoms with van der Waals surface area (Å²) in [6.45, 7) is 0.665. The molecule has 120 valence electrons. The van der Waals surface area contributed by atoms with E-state index >= 15 is 0 Å². The van der Waals surface area contributed by atoms with Gasteiger partial charge in [-0.05, 0) is 26.2 Å². The van der Waals surface area contributed by atoms with Crippen molar-refractivity contribution < 1.29 is 19.4 Å². The molecule has 1 atom stereocenters. The number of likely N-dealkylation sites (N-methyl/N-ethyl adjacent to an activating group) is 1. The second kappa shape index (κ2) is 7.51. The zero-order chi connectivity index (χ0) is 16.1. The molecule has 0 aliphatic carbocycles. The predicted octanol–water partition coefficient (Wildman–Crippen LogP) is 1.01. The van der Waals surface area contributed by atoms with Crippen molar-refractivity contribution in [2.45, 2.75) is 11.0 Å². The molecule has 0 bridgehead atoms. The average molecular weight is 324 g/mol. The van der Waals surface area contributed by atoms with E-state index in [4.69, 9.17) is 9.84 Å². The second-order valence-electron chi connectivity index (χ2n) is 5.32. The molecule has 1 aromatic carbocycles. The van der Waals surface area contributed by atoms with Gasteiger partial charge in [-0.1, -0.05) is 12.1 Å². The first-order valence-electron chi connectivity index (χ1n) is 7.01. The molecule has 0 saturated heterocycles. The zero-order valence-corrected chi connectivity index (χ0v) is 13.5. The minimum absolute atomic E-state index is 0.272. The number of para-hydroxylation sites is 1. The van der Waals surface area contributed by atoms with Crippen molar-refractivity contribution in [2.75, 3.05) is 39.5 Å². The normalized spacial score (nSPS) is 16.8. The van der Waals surface area contributed by atoms with Crippen LogP contribution in [0.4, 0.5) is 0 Å². The molecule has 6 nitrogen and oxygen atoms in total. The molecule has 1 N–H and O–H groups in total. The number of ether oxygens (including phenoxy) is 1. The molecule has 7 heteroatoms. The summed E-state index contributed by atoms with van der Waals surface area (Å²) in [6, 6.07) is 7.54. The Hall–Kier alpha value is -1.73. The second-order valence-corrected chi connectivity index (χ2v) is 6.38. The van der Waals surface area contributed by atoms with Gasteiger partial charge in [0.25, 0.3) is 5.91 Å². The van der Waals surface area contributed by atoms with Gasteiger partial charge in [0.2, 0.25) is 0 Å². The Morgan fingerprint density at radius 2 is 2.05 bits per heavy atom. The Kier molecular flexibility index (Phi) is 5.68. The lowest BCUT2D eigenvalue weighted by Crippen LogP contribution is -2.48. The summed E-state index contributed by atoms with van der Waals surface area (Å²) in [5.41, 5.74) is 0. The minimum atomic E-state index is -1.02. The first-order valence-corrected chi connectivity index (χ1v) is 7.99. The van der Waals surface area contributed by atoms with Gasteiger partial charge in [0.15, 0.2) is 6.10 Å². The Balaban J connectivity index is 2.05. The van der Waals surface area contributed by atoms with Crippen molar-refractivity contribution in [3.8, 4) is 5.75 Å². The predicted molar refractivity (Wildman–Crippen MR) is 84.4 cm³/mol. The van der Waals surface area contributed by atoms with E-state index in [2.05, 4.69) is 0 Å². The Morgan fingerprint density at radius 3 is 2.73 bits per heavy atom. The van der Waals surface area contributed by atoms with Crippen LogP contribution in [0.2, 0.25) is 0 Å². The van der Waals surface area contributed by atoms with Gasteiger partial charge >= 0.3 is 5.97 Å². The van der Waals surface area contributed by atoms with Crippen molar-refractivity contribution in [3.63, 3.8) is 0 Å². The molecule has 0 aromatic heterocycles. The maximum Gasteiger partial charge on any atom is 0.323 e. The Morgan fingerprint density at radius 1 is 1.32 bits per heavy atom. The standard InChI is InChI=1S/C15H20N2O4S/c1-16(2)7-8-17(9-14(18)19)15(20)12-10-22-13-6-4-3-5-11(13)21-12/h3-6,12H,7-10H2,1-2H3,(H,18,19). The van der Waals surface area contributed by atoms with Crippen molar-refractivity contribution in [3.05, 3.63) is 24.3 Å². The number of fused-ring (bicyclic) bond motifs is 1. The van der Waals surface area contributed by atoms with Crippen molar-refractivity contribution in [1.82, 2.24) is 9.80 Å². The number of amides is 1. The van der Waals surface area contributed by atoms with Gasteiger partial charge in [-0.2, -0.15) is 0 Å². The van der Waals surface area contributed by atoms with Gasteiger partial charge in [-0.15, -0.1) is 11.8 Å². The van der Waals surface area contributed by atoms with Crippen LogP contribution in [0.3, 0.4) is 0 Å². The number of nitrogens with zero attached hydrogens (tertiary/aromatic N) is 2. The monoisotopic (exact) mass is 324 g/mol. The van der Waals surface area contributed by atoms with E-state index in [0.717, 1.165) is 4.90 Å². The first-order chi connectivity index (χ1) is 10.5. The van der Waals surface area contributed by atoms with E-state index in [-0.39, 0.29) is 12.5 Å². The van der Waals surface area contributed by atoms with Crippen LogP contribution in [-0.4, -0.2) is 72.4 Å². The Labute approximate surface area is 134 Å². The molecular formula is C15H20N2O4S. The first kappa shape index (κ1) is 16.6. The summed E-state index contributed by atoms with van der Waals surface area (Å²) in [5, 5.41) is 9.00. The number of rotatable bonds is 6. The van der Waals surface area contributed by atoms with Crippen LogP contribution >= 0.6 is 11.8 Å². The highest BCUT2D eigenvalue weighted by atomic mass is 32.2. The molecule has 1 aliphatic rings. The van der Waals surface area contributed by atoms with Gasteiger partial charge in [0.1, 0.15) is 12.3 Å². The molecule has 1 aromatic rings. The topological polar surface area (TPSA) is 70.1 Å². The van der Waals surface area contributed by atoms with E-state index in [9.17, 15) is 9.59 Å². The third-order valence-electron chi connectivity index (χ3n) is 3.24. The molecule has 1 heterocycles. The number of aliphatic carboxylic acids is 1. The molecule has 1 aliphatic heterocycles. The van der Waals surface area contributed by atoms with Crippen molar-refractivity contribution in [1.29, 1.82) is 0 Å². The summed E-state index contributed by atoms with van der Waals surface area (Å²) in [5.74, 6) is -0.115. The lowest BCUT2D eigenvalue weighted by molar-refractivity contribution is -0.147. The van der Waals surface area contributed by atoms with E-state index in [1.807, 2.05) is 43.3 Å². The number of benzene rings is 1. The molecule has 0 fully saturated rings. The third kappa shape index (κ3) is 4.38. The SMILES string of the molecule is CN(C)CCN(CC(=O)O)C(=O)C1CSc2ccccc2O1. The molecular weight excluding hydrogens is 304 g/mol. The van der Waals surface area contributed by atoms with Crippen LogP contribution in [0.1, 0.15) is 0 Å². The van der Waals surface area contributed by atoms with Gasteiger partial charge in [-0.25, -0.2) is 0 Å². The molecule has 0 spiro atoms. The number of carboxylic acids is 1. The van der Waals surface area contributed by atoms with Crippen LogP contribution in [0, 0.1) is 0 Å². The summed E-state index contributed by atoms with van der Waals surface area (Å²) in [6.07, 6.45) is -0.638. The van der Waals surface area contributed by atoms with E-state index in [1.165, 1.54) is 4.90 Å². The summed E-state index contributed by atoms with van der Waals surface area (Å²) < 4.78 is 5.74.